The zero-order valence-electron chi connectivity index (χ0n) is 13.9. The molecule has 1 saturated carbocycles. The van der Waals surface area contributed by atoms with Crippen molar-refractivity contribution in [3.05, 3.63) is 47.5 Å². The summed E-state index contributed by atoms with van der Waals surface area (Å²) >= 11 is 0. The summed E-state index contributed by atoms with van der Waals surface area (Å²) in [6, 6.07) is 4.16. The molecule has 1 aliphatic carbocycles. The molecule has 2 aromatic rings. The van der Waals surface area contributed by atoms with Gasteiger partial charge in [0.2, 0.25) is 0 Å². The third kappa shape index (κ3) is 2.83. The highest BCUT2D eigenvalue weighted by Gasteiger charge is 2.33. The summed E-state index contributed by atoms with van der Waals surface area (Å²) in [7, 11) is 0. The van der Waals surface area contributed by atoms with Crippen molar-refractivity contribution in [2.24, 2.45) is 0 Å². The largest absolute Gasteiger partial charge is 0.331 e. The molecule has 5 heteroatoms. The van der Waals surface area contributed by atoms with E-state index in [1.807, 2.05) is 17.2 Å². The summed E-state index contributed by atoms with van der Waals surface area (Å²) < 4.78 is 0. The molecule has 1 N–H and O–H groups in total. The molecule has 24 heavy (non-hydrogen) atoms. The van der Waals surface area contributed by atoms with Crippen LogP contribution in [0, 0.1) is 0 Å². The molecule has 2 aromatic heterocycles. The molecule has 1 saturated heterocycles. The average molecular weight is 324 g/mol. The Morgan fingerprint density at radius 1 is 1.12 bits per heavy atom. The van der Waals surface area contributed by atoms with Gasteiger partial charge in [-0.05, 0) is 37.3 Å². The Bertz CT molecular complexity index is 690. The van der Waals surface area contributed by atoms with E-state index in [9.17, 15) is 4.79 Å². The van der Waals surface area contributed by atoms with Crippen LogP contribution in [-0.2, 0) is 0 Å². The van der Waals surface area contributed by atoms with Gasteiger partial charge in [0.05, 0.1) is 23.5 Å². The summed E-state index contributed by atoms with van der Waals surface area (Å²) in [4.78, 5) is 19.4. The Hall–Kier alpha value is -2.17. The van der Waals surface area contributed by atoms with Crippen LogP contribution in [0.25, 0.3) is 0 Å². The summed E-state index contributed by atoms with van der Waals surface area (Å²) in [5.41, 5.74) is 2.96. The highest BCUT2D eigenvalue weighted by molar-refractivity contribution is 5.95. The molecule has 2 aliphatic rings. The minimum absolute atomic E-state index is 0.121. The standard InChI is InChI=1S/C19H24N4O/c24-19(16-13-21-22-18(16)14-6-2-1-3-7-14)23-11-5-9-17(23)15-8-4-10-20-12-15/h4,8,10,12-14,17H,1-3,5-7,9,11H2,(H,21,22)/t17-/m0/s1. The molecule has 1 atom stereocenters. The molecule has 4 rings (SSSR count). The number of H-pyrrole nitrogens is 1. The van der Waals surface area contributed by atoms with E-state index in [0.29, 0.717) is 5.92 Å². The highest BCUT2D eigenvalue weighted by atomic mass is 16.2. The second-order valence-electron chi connectivity index (χ2n) is 6.98. The number of carbonyl (C=O) groups excluding carboxylic acids is 1. The number of rotatable bonds is 3. The second-order valence-corrected chi connectivity index (χ2v) is 6.98. The fourth-order valence-electron chi connectivity index (χ4n) is 4.25. The van der Waals surface area contributed by atoms with Crippen LogP contribution in [-0.4, -0.2) is 32.5 Å². The van der Waals surface area contributed by atoms with Gasteiger partial charge in [0.15, 0.2) is 0 Å². The van der Waals surface area contributed by atoms with Gasteiger partial charge in [0.25, 0.3) is 5.91 Å². The Kier molecular flexibility index (Phi) is 4.32. The van der Waals surface area contributed by atoms with Gasteiger partial charge in [0.1, 0.15) is 0 Å². The van der Waals surface area contributed by atoms with Crippen molar-refractivity contribution in [1.29, 1.82) is 0 Å². The van der Waals surface area contributed by atoms with E-state index >= 15 is 0 Å². The normalized spacial score (nSPS) is 22.0. The minimum atomic E-state index is 0.121. The number of pyridine rings is 1. The Balaban J connectivity index is 1.58. The van der Waals surface area contributed by atoms with E-state index in [2.05, 4.69) is 21.2 Å². The molecule has 2 fully saturated rings. The molecular formula is C19H24N4O. The van der Waals surface area contributed by atoms with Gasteiger partial charge in [-0.3, -0.25) is 14.9 Å². The van der Waals surface area contributed by atoms with Crippen molar-refractivity contribution < 1.29 is 4.79 Å². The summed E-state index contributed by atoms with van der Waals surface area (Å²) in [6.45, 7) is 0.813. The molecule has 0 unspecified atom stereocenters. The van der Waals surface area contributed by atoms with Gasteiger partial charge in [-0.2, -0.15) is 5.10 Å². The Morgan fingerprint density at radius 2 is 2.00 bits per heavy atom. The zero-order valence-corrected chi connectivity index (χ0v) is 13.9. The van der Waals surface area contributed by atoms with Crippen LogP contribution >= 0.6 is 0 Å². The second kappa shape index (κ2) is 6.75. The number of hydrogen-bond acceptors (Lipinski definition) is 3. The van der Waals surface area contributed by atoms with Crippen molar-refractivity contribution in [2.75, 3.05) is 6.54 Å². The zero-order chi connectivity index (χ0) is 16.4. The van der Waals surface area contributed by atoms with Crippen LogP contribution in [0.5, 0.6) is 0 Å². The SMILES string of the molecule is O=C(c1cn[nH]c1C1CCCCC1)N1CCC[C@H]1c1cccnc1. The maximum Gasteiger partial charge on any atom is 0.257 e. The van der Waals surface area contributed by atoms with E-state index in [-0.39, 0.29) is 11.9 Å². The fourth-order valence-corrected chi connectivity index (χ4v) is 4.25. The Morgan fingerprint density at radius 3 is 2.79 bits per heavy atom. The number of nitrogens with one attached hydrogen (secondary N) is 1. The van der Waals surface area contributed by atoms with Gasteiger partial charge in [-0.1, -0.05) is 25.3 Å². The molecule has 5 nitrogen and oxygen atoms in total. The monoisotopic (exact) mass is 324 g/mol. The third-order valence-corrected chi connectivity index (χ3v) is 5.50. The van der Waals surface area contributed by atoms with Crippen LogP contribution in [0.3, 0.4) is 0 Å². The van der Waals surface area contributed by atoms with E-state index in [4.69, 9.17) is 0 Å². The molecule has 1 amide bonds. The molecule has 0 bridgehead atoms. The van der Waals surface area contributed by atoms with Crippen LogP contribution in [0.1, 0.15) is 78.5 Å². The number of carbonyl (C=O) groups is 1. The van der Waals surface area contributed by atoms with Crippen molar-refractivity contribution >= 4 is 5.91 Å². The van der Waals surface area contributed by atoms with E-state index < -0.39 is 0 Å². The lowest BCUT2D eigenvalue weighted by atomic mass is 9.85. The van der Waals surface area contributed by atoms with Crippen LogP contribution < -0.4 is 0 Å². The van der Waals surface area contributed by atoms with Gasteiger partial charge < -0.3 is 4.90 Å². The molecule has 0 aromatic carbocycles. The number of likely N-dealkylation sites (tertiary alicyclic amines) is 1. The summed E-state index contributed by atoms with van der Waals surface area (Å²) in [6.07, 6.45) is 13.6. The molecular weight excluding hydrogens is 300 g/mol. The van der Waals surface area contributed by atoms with Crippen molar-refractivity contribution in [3.8, 4) is 0 Å². The number of nitrogens with zero attached hydrogens (tertiary/aromatic N) is 3. The molecule has 3 heterocycles. The van der Waals surface area contributed by atoms with Crippen molar-refractivity contribution in [1.82, 2.24) is 20.1 Å². The van der Waals surface area contributed by atoms with E-state index in [0.717, 1.165) is 49.0 Å². The van der Waals surface area contributed by atoms with Gasteiger partial charge >= 0.3 is 0 Å². The average Bonchev–Trinajstić information content (AvgIpc) is 3.32. The first-order valence-electron chi connectivity index (χ1n) is 9.09. The van der Waals surface area contributed by atoms with Crippen LogP contribution in [0.4, 0.5) is 0 Å². The highest BCUT2D eigenvalue weighted by Crippen LogP contribution is 2.36. The van der Waals surface area contributed by atoms with E-state index in [1.54, 1.807) is 12.4 Å². The Labute approximate surface area is 142 Å². The molecule has 126 valence electrons. The summed E-state index contributed by atoms with van der Waals surface area (Å²) in [5.74, 6) is 0.579. The minimum Gasteiger partial charge on any atom is -0.331 e. The van der Waals surface area contributed by atoms with Crippen molar-refractivity contribution in [3.63, 3.8) is 0 Å². The quantitative estimate of drug-likeness (QED) is 0.933. The van der Waals surface area contributed by atoms with Gasteiger partial charge in [0, 0.05) is 24.9 Å². The van der Waals surface area contributed by atoms with Crippen LogP contribution in [0.15, 0.2) is 30.7 Å². The summed E-state index contributed by atoms with van der Waals surface area (Å²) in [5, 5.41) is 7.33. The van der Waals surface area contributed by atoms with Gasteiger partial charge in [-0.15, -0.1) is 0 Å². The lowest BCUT2D eigenvalue weighted by molar-refractivity contribution is 0.0733. The predicted octanol–water partition coefficient (Wildman–Crippen LogP) is 3.83. The lowest BCUT2D eigenvalue weighted by Gasteiger charge is -2.26. The number of aromatic nitrogens is 3. The van der Waals surface area contributed by atoms with Crippen LogP contribution in [0.2, 0.25) is 0 Å². The topological polar surface area (TPSA) is 61.9 Å². The fraction of sp³-hybridized carbons (Fsp3) is 0.526. The number of hydrogen-bond donors (Lipinski definition) is 1. The molecule has 1 aliphatic heterocycles. The smallest absolute Gasteiger partial charge is 0.257 e. The predicted molar refractivity (Wildman–Crippen MR) is 91.7 cm³/mol. The van der Waals surface area contributed by atoms with Crippen molar-refractivity contribution in [2.45, 2.75) is 56.9 Å². The first kappa shape index (κ1) is 15.4. The number of amides is 1. The third-order valence-electron chi connectivity index (χ3n) is 5.50. The maximum absolute atomic E-state index is 13.2. The van der Waals surface area contributed by atoms with E-state index in [1.165, 1.54) is 19.3 Å². The maximum atomic E-state index is 13.2. The number of aromatic amines is 1. The first-order chi connectivity index (χ1) is 11.8. The molecule has 0 radical (unpaired) electrons. The van der Waals surface area contributed by atoms with Gasteiger partial charge in [-0.25, -0.2) is 0 Å². The molecule has 0 spiro atoms. The first-order valence-corrected chi connectivity index (χ1v) is 9.09. The lowest BCUT2D eigenvalue weighted by Crippen LogP contribution is -2.31.